The van der Waals surface area contributed by atoms with Crippen molar-refractivity contribution in [3.05, 3.63) is 28.8 Å². The van der Waals surface area contributed by atoms with E-state index < -0.39 is 10.2 Å². The van der Waals surface area contributed by atoms with Crippen molar-refractivity contribution in [2.24, 2.45) is 0 Å². The molecule has 0 atom stereocenters. The van der Waals surface area contributed by atoms with Crippen LogP contribution in [0.5, 0.6) is 0 Å². The van der Waals surface area contributed by atoms with Crippen molar-refractivity contribution in [2.45, 2.75) is 0 Å². The summed E-state index contributed by atoms with van der Waals surface area (Å²) in [6.07, 6.45) is 0. The number of benzene rings is 1. The number of carbonyl (C=O) groups excluding carboxylic acids is 1. The minimum atomic E-state index is -3.68. The number of amides is 1. The molecule has 1 aliphatic rings. The zero-order chi connectivity index (χ0) is 15.5. The smallest absolute Gasteiger partial charge is 0.301 e. The van der Waals surface area contributed by atoms with Crippen molar-refractivity contribution in [1.82, 2.24) is 14.9 Å². The number of hydrogen-bond donors (Lipinski definition) is 3. The molecule has 0 radical (unpaired) electrons. The van der Waals surface area contributed by atoms with E-state index in [0.717, 1.165) is 0 Å². The molecular weight excluding hydrogens is 316 g/mol. The molecular formula is C12H17ClN4O3S. The fourth-order valence-electron chi connectivity index (χ4n) is 1.98. The average Bonchev–Trinajstić information content (AvgIpc) is 2.49. The molecule has 7 nitrogen and oxygen atoms in total. The van der Waals surface area contributed by atoms with Gasteiger partial charge >= 0.3 is 10.2 Å². The number of nitrogens with zero attached hydrogens (tertiary/aromatic N) is 1. The van der Waals surface area contributed by atoms with Crippen molar-refractivity contribution < 1.29 is 13.2 Å². The summed E-state index contributed by atoms with van der Waals surface area (Å²) in [5.74, 6) is -0.311. The Kier molecular flexibility index (Phi) is 5.04. The first-order chi connectivity index (χ1) is 9.94. The molecule has 0 bridgehead atoms. The molecule has 0 spiro atoms. The van der Waals surface area contributed by atoms with E-state index in [1.54, 1.807) is 0 Å². The summed E-state index contributed by atoms with van der Waals surface area (Å²) in [6.45, 7) is 1.99. The molecule has 0 aromatic heterocycles. The van der Waals surface area contributed by atoms with Gasteiger partial charge in [0.2, 0.25) is 0 Å². The Bertz CT molecular complexity index is 629. The van der Waals surface area contributed by atoms with Crippen LogP contribution in [-0.4, -0.2) is 51.9 Å². The fraction of sp³-hybridized carbons (Fsp3) is 0.417. The van der Waals surface area contributed by atoms with Crippen LogP contribution < -0.4 is 15.4 Å². The second kappa shape index (κ2) is 6.61. The van der Waals surface area contributed by atoms with Crippen molar-refractivity contribution in [2.75, 3.05) is 37.9 Å². The molecule has 1 aromatic carbocycles. The van der Waals surface area contributed by atoms with Crippen molar-refractivity contribution in [3.63, 3.8) is 0 Å². The minimum Gasteiger partial charge on any atom is -0.355 e. The first kappa shape index (κ1) is 16.0. The van der Waals surface area contributed by atoms with Gasteiger partial charge in [0.25, 0.3) is 5.91 Å². The van der Waals surface area contributed by atoms with Gasteiger partial charge in [-0.1, -0.05) is 11.6 Å². The molecule has 2 rings (SSSR count). The lowest BCUT2D eigenvalue weighted by atomic mass is 10.2. The maximum Gasteiger partial charge on any atom is 0.301 e. The predicted octanol–water partition coefficient (Wildman–Crippen LogP) is 0.261. The molecule has 1 fully saturated rings. The summed E-state index contributed by atoms with van der Waals surface area (Å²) in [5, 5.41) is 5.79. The van der Waals surface area contributed by atoms with E-state index in [0.29, 0.717) is 31.7 Å². The number of nitrogens with one attached hydrogen (secondary N) is 3. The van der Waals surface area contributed by atoms with Crippen molar-refractivity contribution >= 4 is 33.4 Å². The molecule has 1 aromatic rings. The number of carbonyl (C=O) groups is 1. The normalized spacial score (nSPS) is 16.5. The van der Waals surface area contributed by atoms with Crippen LogP contribution in [0, 0.1) is 0 Å². The van der Waals surface area contributed by atoms with Gasteiger partial charge < -0.3 is 10.6 Å². The van der Waals surface area contributed by atoms with Crippen LogP contribution in [-0.2, 0) is 10.2 Å². The maximum atomic E-state index is 12.3. The van der Waals surface area contributed by atoms with E-state index in [2.05, 4.69) is 15.4 Å². The van der Waals surface area contributed by atoms with Crippen LogP contribution in [0.15, 0.2) is 18.2 Å². The highest BCUT2D eigenvalue weighted by atomic mass is 35.5. The van der Waals surface area contributed by atoms with Crippen LogP contribution >= 0.6 is 11.6 Å². The third kappa shape index (κ3) is 3.85. The summed E-state index contributed by atoms with van der Waals surface area (Å²) in [6, 6.07) is 4.44. The second-order valence-electron chi connectivity index (χ2n) is 4.53. The zero-order valence-electron chi connectivity index (χ0n) is 11.5. The highest BCUT2D eigenvalue weighted by Gasteiger charge is 2.24. The van der Waals surface area contributed by atoms with Crippen LogP contribution in [0.25, 0.3) is 0 Å². The number of piperazine rings is 1. The van der Waals surface area contributed by atoms with Gasteiger partial charge in [-0.3, -0.25) is 9.52 Å². The molecule has 116 valence electrons. The number of anilines is 1. The van der Waals surface area contributed by atoms with Gasteiger partial charge in [0.1, 0.15) is 0 Å². The molecule has 9 heteroatoms. The summed E-state index contributed by atoms with van der Waals surface area (Å²) < 4.78 is 28.3. The summed E-state index contributed by atoms with van der Waals surface area (Å²) >= 11 is 6.00. The van der Waals surface area contributed by atoms with Gasteiger partial charge in [0.05, 0.1) is 10.7 Å². The Morgan fingerprint density at radius 2 is 2.00 bits per heavy atom. The second-order valence-corrected chi connectivity index (χ2v) is 6.61. The van der Waals surface area contributed by atoms with Gasteiger partial charge in [0, 0.05) is 38.8 Å². The third-order valence-corrected chi connectivity index (χ3v) is 4.96. The molecule has 0 aliphatic carbocycles. The Labute approximate surface area is 128 Å². The molecule has 21 heavy (non-hydrogen) atoms. The standard InChI is InChI=1S/C12H17ClN4O3S/c1-14-12(18)9-2-3-10(13)11(8-9)16-21(19,20)17-6-4-15-5-7-17/h2-3,8,15-16H,4-7H2,1H3,(H,14,18). The van der Waals surface area contributed by atoms with Gasteiger partial charge in [-0.2, -0.15) is 12.7 Å². The number of halogens is 1. The van der Waals surface area contributed by atoms with Gasteiger partial charge in [-0.25, -0.2) is 0 Å². The maximum absolute atomic E-state index is 12.3. The monoisotopic (exact) mass is 332 g/mol. The molecule has 1 amide bonds. The van der Waals surface area contributed by atoms with Crippen molar-refractivity contribution in [1.29, 1.82) is 0 Å². The van der Waals surface area contributed by atoms with Crippen molar-refractivity contribution in [3.8, 4) is 0 Å². The lowest BCUT2D eigenvalue weighted by Gasteiger charge is -2.27. The van der Waals surface area contributed by atoms with Crippen LogP contribution in [0.1, 0.15) is 10.4 Å². The largest absolute Gasteiger partial charge is 0.355 e. The van der Waals surface area contributed by atoms with E-state index in [1.165, 1.54) is 29.6 Å². The lowest BCUT2D eigenvalue weighted by Crippen LogP contribution is -2.48. The van der Waals surface area contributed by atoms with E-state index >= 15 is 0 Å². The van der Waals surface area contributed by atoms with Crippen LogP contribution in [0.3, 0.4) is 0 Å². The Morgan fingerprint density at radius 1 is 1.33 bits per heavy atom. The fourth-order valence-corrected chi connectivity index (χ4v) is 3.44. The molecule has 0 saturated carbocycles. The number of hydrogen-bond acceptors (Lipinski definition) is 4. The van der Waals surface area contributed by atoms with E-state index in [1.807, 2.05) is 0 Å². The van der Waals surface area contributed by atoms with E-state index in [9.17, 15) is 13.2 Å². The Morgan fingerprint density at radius 3 is 2.62 bits per heavy atom. The molecule has 3 N–H and O–H groups in total. The average molecular weight is 333 g/mol. The summed E-state index contributed by atoms with van der Waals surface area (Å²) in [4.78, 5) is 11.6. The molecule has 1 heterocycles. The Balaban J connectivity index is 2.23. The Hall–Kier alpha value is -1.35. The minimum absolute atomic E-state index is 0.191. The quantitative estimate of drug-likeness (QED) is 0.738. The summed E-state index contributed by atoms with van der Waals surface area (Å²) in [5.41, 5.74) is 0.524. The van der Waals surface area contributed by atoms with Gasteiger partial charge in [-0.15, -0.1) is 0 Å². The molecule has 0 unspecified atom stereocenters. The SMILES string of the molecule is CNC(=O)c1ccc(Cl)c(NS(=O)(=O)N2CCNCC2)c1. The van der Waals surface area contributed by atoms with Gasteiger partial charge in [-0.05, 0) is 18.2 Å². The highest BCUT2D eigenvalue weighted by molar-refractivity contribution is 7.90. The lowest BCUT2D eigenvalue weighted by molar-refractivity contribution is 0.0963. The summed E-state index contributed by atoms with van der Waals surface area (Å²) in [7, 11) is -2.18. The first-order valence-electron chi connectivity index (χ1n) is 6.44. The predicted molar refractivity (Wildman–Crippen MR) is 81.8 cm³/mol. The molecule has 1 saturated heterocycles. The molecule has 1 aliphatic heterocycles. The van der Waals surface area contributed by atoms with E-state index in [-0.39, 0.29) is 16.6 Å². The van der Waals surface area contributed by atoms with Crippen LogP contribution in [0.2, 0.25) is 5.02 Å². The number of rotatable bonds is 4. The zero-order valence-corrected chi connectivity index (χ0v) is 13.1. The van der Waals surface area contributed by atoms with Gasteiger partial charge in [0.15, 0.2) is 0 Å². The topological polar surface area (TPSA) is 90.5 Å². The van der Waals surface area contributed by atoms with Crippen LogP contribution in [0.4, 0.5) is 5.69 Å². The first-order valence-corrected chi connectivity index (χ1v) is 8.26. The third-order valence-electron chi connectivity index (χ3n) is 3.11. The highest BCUT2D eigenvalue weighted by Crippen LogP contribution is 2.25. The van der Waals surface area contributed by atoms with E-state index in [4.69, 9.17) is 11.6 Å².